The highest BCUT2D eigenvalue weighted by Gasteiger charge is 2.06. The van der Waals surface area contributed by atoms with Crippen LogP contribution in [0.25, 0.3) is 0 Å². The monoisotopic (exact) mass is 380 g/mol. The highest BCUT2D eigenvalue weighted by molar-refractivity contribution is 6.36. The van der Waals surface area contributed by atoms with Gasteiger partial charge in [0.1, 0.15) is 5.75 Å². The summed E-state index contributed by atoms with van der Waals surface area (Å²) in [4.78, 5) is 12.0. The molecule has 0 aliphatic carbocycles. The van der Waals surface area contributed by atoms with Crippen molar-refractivity contribution in [3.05, 3.63) is 52.5 Å². The number of ether oxygens (including phenoxy) is 1. The van der Waals surface area contributed by atoms with E-state index in [4.69, 9.17) is 27.9 Å². The SMILES string of the molecule is CC(C)CCOc1ccc(NC(=O)CNc2ccc(Cl)cc2Cl)cc1. The molecule has 0 heterocycles. The summed E-state index contributed by atoms with van der Waals surface area (Å²) in [5.41, 5.74) is 1.38. The minimum Gasteiger partial charge on any atom is -0.494 e. The van der Waals surface area contributed by atoms with Crippen molar-refractivity contribution in [3.63, 3.8) is 0 Å². The van der Waals surface area contributed by atoms with Crippen molar-refractivity contribution >= 4 is 40.5 Å². The lowest BCUT2D eigenvalue weighted by Crippen LogP contribution is -2.21. The molecule has 6 heteroatoms. The highest BCUT2D eigenvalue weighted by atomic mass is 35.5. The molecule has 25 heavy (non-hydrogen) atoms. The maximum atomic E-state index is 12.0. The van der Waals surface area contributed by atoms with Crippen LogP contribution in [0.5, 0.6) is 5.75 Å². The van der Waals surface area contributed by atoms with Crippen molar-refractivity contribution in [1.82, 2.24) is 0 Å². The molecule has 0 aromatic heterocycles. The molecular weight excluding hydrogens is 359 g/mol. The maximum Gasteiger partial charge on any atom is 0.243 e. The molecule has 4 nitrogen and oxygen atoms in total. The van der Waals surface area contributed by atoms with Gasteiger partial charge in [0, 0.05) is 10.7 Å². The van der Waals surface area contributed by atoms with Crippen LogP contribution in [0, 0.1) is 5.92 Å². The molecule has 0 atom stereocenters. The van der Waals surface area contributed by atoms with E-state index in [1.807, 2.05) is 24.3 Å². The van der Waals surface area contributed by atoms with Gasteiger partial charge in [0.15, 0.2) is 0 Å². The number of nitrogens with one attached hydrogen (secondary N) is 2. The first-order valence-corrected chi connectivity index (χ1v) is 8.91. The third kappa shape index (κ3) is 6.85. The van der Waals surface area contributed by atoms with Crippen molar-refractivity contribution < 1.29 is 9.53 Å². The van der Waals surface area contributed by atoms with E-state index in [0.29, 0.717) is 33.9 Å². The van der Waals surface area contributed by atoms with Crippen LogP contribution in [0.2, 0.25) is 10.0 Å². The van der Waals surface area contributed by atoms with Gasteiger partial charge in [0.2, 0.25) is 5.91 Å². The number of halogens is 2. The van der Waals surface area contributed by atoms with Crippen LogP contribution in [-0.2, 0) is 4.79 Å². The van der Waals surface area contributed by atoms with Crippen LogP contribution in [0.15, 0.2) is 42.5 Å². The Morgan fingerprint density at radius 1 is 1.12 bits per heavy atom. The molecule has 0 spiro atoms. The molecule has 2 aromatic rings. The number of amides is 1. The second-order valence-corrected chi connectivity index (χ2v) is 6.92. The number of carbonyl (C=O) groups is 1. The molecule has 0 bridgehead atoms. The van der Waals surface area contributed by atoms with E-state index >= 15 is 0 Å². The van der Waals surface area contributed by atoms with Crippen molar-refractivity contribution in [2.75, 3.05) is 23.8 Å². The number of carbonyl (C=O) groups excluding carboxylic acids is 1. The van der Waals surface area contributed by atoms with E-state index in [-0.39, 0.29) is 12.5 Å². The van der Waals surface area contributed by atoms with Crippen LogP contribution >= 0.6 is 23.2 Å². The van der Waals surface area contributed by atoms with E-state index in [0.717, 1.165) is 12.2 Å². The number of hydrogen-bond acceptors (Lipinski definition) is 3. The zero-order chi connectivity index (χ0) is 18.2. The fourth-order valence-electron chi connectivity index (χ4n) is 2.06. The first-order chi connectivity index (χ1) is 11.9. The van der Waals surface area contributed by atoms with E-state index in [1.165, 1.54) is 0 Å². The highest BCUT2D eigenvalue weighted by Crippen LogP contribution is 2.25. The summed E-state index contributed by atoms with van der Waals surface area (Å²) < 4.78 is 5.65. The van der Waals surface area contributed by atoms with Gasteiger partial charge in [0.05, 0.1) is 23.9 Å². The molecule has 0 fully saturated rings. The molecule has 0 saturated heterocycles. The van der Waals surface area contributed by atoms with Gasteiger partial charge >= 0.3 is 0 Å². The zero-order valence-corrected chi connectivity index (χ0v) is 15.8. The lowest BCUT2D eigenvalue weighted by molar-refractivity contribution is -0.114. The first-order valence-electron chi connectivity index (χ1n) is 8.15. The Hall–Kier alpha value is -1.91. The Morgan fingerprint density at radius 2 is 1.84 bits per heavy atom. The van der Waals surface area contributed by atoms with E-state index < -0.39 is 0 Å². The summed E-state index contributed by atoms with van der Waals surface area (Å²) in [5, 5.41) is 6.83. The first kappa shape index (κ1) is 19.4. The van der Waals surface area contributed by atoms with Crippen LogP contribution in [-0.4, -0.2) is 19.1 Å². The van der Waals surface area contributed by atoms with Crippen LogP contribution in [0.4, 0.5) is 11.4 Å². The van der Waals surface area contributed by atoms with Crippen LogP contribution in [0.1, 0.15) is 20.3 Å². The largest absolute Gasteiger partial charge is 0.494 e. The fourth-order valence-corrected chi connectivity index (χ4v) is 2.54. The topological polar surface area (TPSA) is 50.4 Å². The lowest BCUT2D eigenvalue weighted by atomic mass is 10.1. The number of hydrogen-bond donors (Lipinski definition) is 2. The number of anilines is 2. The maximum absolute atomic E-state index is 12.0. The molecule has 0 radical (unpaired) electrons. The van der Waals surface area contributed by atoms with Gasteiger partial charge in [-0.15, -0.1) is 0 Å². The van der Waals surface area contributed by atoms with Gasteiger partial charge in [-0.05, 0) is 54.8 Å². The Labute approximate surface area is 158 Å². The summed E-state index contributed by atoms with van der Waals surface area (Å²) in [7, 11) is 0. The quantitative estimate of drug-likeness (QED) is 0.638. The lowest BCUT2D eigenvalue weighted by Gasteiger charge is -2.11. The zero-order valence-electron chi connectivity index (χ0n) is 14.3. The molecule has 134 valence electrons. The molecule has 2 N–H and O–H groups in total. The number of benzene rings is 2. The third-order valence-corrected chi connectivity index (χ3v) is 4.02. The minimum atomic E-state index is -0.167. The normalized spacial score (nSPS) is 10.6. The van der Waals surface area contributed by atoms with Gasteiger partial charge in [-0.25, -0.2) is 0 Å². The summed E-state index contributed by atoms with van der Waals surface area (Å²) in [5.74, 6) is 1.24. The van der Waals surface area contributed by atoms with E-state index in [2.05, 4.69) is 24.5 Å². The van der Waals surface area contributed by atoms with Gasteiger partial charge in [-0.3, -0.25) is 4.79 Å². The number of rotatable bonds is 8. The molecule has 0 saturated carbocycles. The van der Waals surface area contributed by atoms with E-state index in [1.54, 1.807) is 18.2 Å². The van der Waals surface area contributed by atoms with Crippen LogP contribution in [0.3, 0.4) is 0 Å². The van der Waals surface area contributed by atoms with Crippen LogP contribution < -0.4 is 15.4 Å². The molecule has 0 aliphatic rings. The summed E-state index contributed by atoms with van der Waals surface area (Å²) >= 11 is 11.9. The Bertz CT molecular complexity index is 703. The van der Waals surface area contributed by atoms with Crippen molar-refractivity contribution in [1.29, 1.82) is 0 Å². The van der Waals surface area contributed by atoms with Gasteiger partial charge in [-0.1, -0.05) is 37.0 Å². The predicted molar refractivity (Wildman–Crippen MR) is 105 cm³/mol. The van der Waals surface area contributed by atoms with Crippen molar-refractivity contribution in [2.24, 2.45) is 5.92 Å². The molecular formula is C19H22Cl2N2O2. The summed E-state index contributed by atoms with van der Waals surface area (Å²) in [6.07, 6.45) is 1.01. The van der Waals surface area contributed by atoms with Gasteiger partial charge in [-0.2, -0.15) is 0 Å². The Morgan fingerprint density at radius 3 is 2.48 bits per heavy atom. The summed E-state index contributed by atoms with van der Waals surface area (Å²) in [6, 6.07) is 12.4. The van der Waals surface area contributed by atoms with E-state index in [9.17, 15) is 4.79 Å². The Kier molecular flexibility index (Phi) is 7.41. The second kappa shape index (κ2) is 9.54. The predicted octanol–water partition coefficient (Wildman–Crippen LogP) is 5.47. The molecule has 2 aromatic carbocycles. The second-order valence-electron chi connectivity index (χ2n) is 6.08. The Balaban J connectivity index is 1.80. The van der Waals surface area contributed by atoms with Gasteiger partial charge < -0.3 is 15.4 Å². The van der Waals surface area contributed by atoms with Crippen molar-refractivity contribution in [2.45, 2.75) is 20.3 Å². The smallest absolute Gasteiger partial charge is 0.243 e. The van der Waals surface area contributed by atoms with Crippen molar-refractivity contribution in [3.8, 4) is 5.75 Å². The fraction of sp³-hybridized carbons (Fsp3) is 0.316. The molecule has 1 amide bonds. The molecule has 0 aliphatic heterocycles. The average molecular weight is 381 g/mol. The molecule has 0 unspecified atom stereocenters. The third-order valence-electron chi connectivity index (χ3n) is 3.47. The summed E-state index contributed by atoms with van der Waals surface area (Å²) in [6.45, 7) is 5.11. The minimum absolute atomic E-state index is 0.105. The molecule has 2 rings (SSSR count). The average Bonchev–Trinajstić information content (AvgIpc) is 2.55. The standard InChI is InChI=1S/C19H22Cl2N2O2/c1-13(2)9-10-25-16-6-4-15(5-7-16)23-19(24)12-22-18-8-3-14(20)11-17(18)21/h3-8,11,13,22H,9-10,12H2,1-2H3,(H,23,24). The van der Waals surface area contributed by atoms with Gasteiger partial charge in [0.25, 0.3) is 0 Å².